The molecule has 1 atom stereocenters. The van der Waals surface area contributed by atoms with E-state index in [0.29, 0.717) is 12.3 Å². The summed E-state index contributed by atoms with van der Waals surface area (Å²) in [6.07, 6.45) is 2.22. The Hall–Kier alpha value is -1.85. The van der Waals surface area contributed by atoms with Gasteiger partial charge in [0, 0.05) is 32.9 Å². The van der Waals surface area contributed by atoms with Crippen molar-refractivity contribution in [2.24, 2.45) is 17.0 Å². The van der Waals surface area contributed by atoms with Crippen molar-refractivity contribution in [3.63, 3.8) is 0 Å². The predicted octanol–water partition coefficient (Wildman–Crippen LogP) is 1.67. The van der Waals surface area contributed by atoms with Crippen LogP contribution in [0.4, 0.5) is 0 Å². The predicted molar refractivity (Wildman–Crippen MR) is 77.9 cm³/mol. The van der Waals surface area contributed by atoms with Crippen LogP contribution in [0.25, 0.3) is 0 Å². The van der Waals surface area contributed by atoms with Gasteiger partial charge in [0.1, 0.15) is 12.4 Å². The summed E-state index contributed by atoms with van der Waals surface area (Å²) >= 11 is 0. The summed E-state index contributed by atoms with van der Waals surface area (Å²) in [5, 5.41) is 14.3. The van der Waals surface area contributed by atoms with Gasteiger partial charge < -0.3 is 14.8 Å². The van der Waals surface area contributed by atoms with Crippen molar-refractivity contribution >= 4 is 17.4 Å². The van der Waals surface area contributed by atoms with Crippen LogP contribution < -0.4 is 0 Å². The van der Waals surface area contributed by atoms with Crippen LogP contribution in [0.5, 0.6) is 0 Å². The fraction of sp³-hybridized carbons (Fsp3) is 0.667. The van der Waals surface area contributed by atoms with E-state index < -0.39 is 5.92 Å². The van der Waals surface area contributed by atoms with Crippen molar-refractivity contribution in [2.75, 3.05) is 20.7 Å². The zero-order chi connectivity index (χ0) is 15.6. The second-order valence-electron chi connectivity index (χ2n) is 5.75. The van der Waals surface area contributed by atoms with Gasteiger partial charge in [0.2, 0.25) is 5.91 Å². The highest BCUT2D eigenvalue weighted by molar-refractivity contribution is 6.24. The smallest absolute Gasteiger partial charge is 0.226 e. The van der Waals surface area contributed by atoms with E-state index in [-0.39, 0.29) is 41.8 Å². The van der Waals surface area contributed by atoms with E-state index >= 15 is 0 Å². The van der Waals surface area contributed by atoms with Crippen LogP contribution >= 0.6 is 0 Å². The number of oxime groups is 1. The average molecular weight is 294 g/mol. The molecule has 0 aromatic carbocycles. The quantitative estimate of drug-likeness (QED) is 0.618. The maximum Gasteiger partial charge on any atom is 0.226 e. The first-order valence-electron chi connectivity index (χ1n) is 7.32. The van der Waals surface area contributed by atoms with Gasteiger partial charge in [-0.15, -0.1) is 0 Å². The number of hydrogen-bond acceptors (Lipinski definition) is 5. The summed E-state index contributed by atoms with van der Waals surface area (Å²) < 4.78 is 0. The van der Waals surface area contributed by atoms with Crippen LogP contribution in [0.3, 0.4) is 0 Å². The molecule has 0 aromatic heterocycles. The molecule has 2 aliphatic rings. The molecule has 0 aliphatic heterocycles. The van der Waals surface area contributed by atoms with Crippen LogP contribution in [0.2, 0.25) is 0 Å². The number of aliphatic hydroxyl groups excluding tert-OH is 1. The number of hydrogen-bond donors (Lipinski definition) is 1. The molecule has 0 aromatic rings. The Kier molecular flexibility index (Phi) is 4.65. The lowest BCUT2D eigenvalue weighted by Gasteiger charge is -2.25. The van der Waals surface area contributed by atoms with Crippen LogP contribution in [0, 0.1) is 11.8 Å². The number of Topliss-reactive ketones (excluding diaryl/α,β-unsaturated/α-hetero) is 1. The molecule has 0 spiro atoms. The second kappa shape index (κ2) is 6.28. The van der Waals surface area contributed by atoms with E-state index in [0.717, 1.165) is 12.8 Å². The Morgan fingerprint density at radius 2 is 2.00 bits per heavy atom. The van der Waals surface area contributed by atoms with Crippen LogP contribution in [-0.4, -0.2) is 48.1 Å². The highest BCUT2D eigenvalue weighted by Gasteiger charge is 2.40. The molecule has 1 N–H and O–H groups in total. The van der Waals surface area contributed by atoms with Crippen LogP contribution in [-0.2, 0) is 14.4 Å². The molecule has 1 amide bonds. The third-order valence-electron chi connectivity index (χ3n) is 3.74. The summed E-state index contributed by atoms with van der Waals surface area (Å²) in [6.45, 7) is 2.23. The van der Waals surface area contributed by atoms with Crippen LogP contribution in [0.1, 0.15) is 32.6 Å². The van der Waals surface area contributed by atoms with E-state index in [1.807, 2.05) is 6.92 Å². The van der Waals surface area contributed by atoms with Gasteiger partial charge in [0.25, 0.3) is 0 Å². The van der Waals surface area contributed by atoms with Crippen LogP contribution in [0.15, 0.2) is 16.5 Å². The summed E-state index contributed by atoms with van der Waals surface area (Å²) in [7, 11) is 3.30. The van der Waals surface area contributed by atoms with Gasteiger partial charge in [-0.3, -0.25) is 9.59 Å². The fourth-order valence-corrected chi connectivity index (χ4v) is 2.54. The molecule has 1 unspecified atom stereocenters. The maximum absolute atomic E-state index is 12.4. The highest BCUT2D eigenvalue weighted by atomic mass is 16.6. The molecule has 1 fully saturated rings. The Bertz CT molecular complexity index is 504. The fourth-order valence-electron chi connectivity index (χ4n) is 2.54. The van der Waals surface area contributed by atoms with Crippen molar-refractivity contribution in [3.05, 3.63) is 11.3 Å². The summed E-state index contributed by atoms with van der Waals surface area (Å²) in [5.41, 5.74) is 0.823. The topological polar surface area (TPSA) is 79.2 Å². The highest BCUT2D eigenvalue weighted by Crippen LogP contribution is 2.37. The normalized spacial score (nSPS) is 23.3. The third-order valence-corrected chi connectivity index (χ3v) is 3.74. The molecule has 0 bridgehead atoms. The first-order chi connectivity index (χ1) is 9.95. The Balaban J connectivity index is 2.24. The molecule has 0 radical (unpaired) electrons. The molecule has 2 aliphatic carbocycles. The third kappa shape index (κ3) is 3.43. The van der Waals surface area contributed by atoms with Crippen molar-refractivity contribution in [1.29, 1.82) is 0 Å². The monoisotopic (exact) mass is 294 g/mol. The molecule has 6 heteroatoms. The van der Waals surface area contributed by atoms with Gasteiger partial charge in [-0.2, -0.15) is 0 Å². The minimum absolute atomic E-state index is 0.0307. The lowest BCUT2D eigenvalue weighted by atomic mass is 9.83. The van der Waals surface area contributed by atoms with E-state index in [1.165, 1.54) is 4.90 Å². The number of amides is 1. The first-order valence-corrected chi connectivity index (χ1v) is 7.32. The first kappa shape index (κ1) is 15.5. The summed E-state index contributed by atoms with van der Waals surface area (Å²) in [5.74, 6) is -0.674. The molecule has 2 rings (SSSR count). The van der Waals surface area contributed by atoms with Gasteiger partial charge in [0.05, 0.1) is 17.2 Å². The van der Waals surface area contributed by atoms with Gasteiger partial charge >= 0.3 is 0 Å². The molecule has 21 heavy (non-hydrogen) atoms. The lowest BCUT2D eigenvalue weighted by Crippen LogP contribution is -2.35. The second-order valence-corrected chi connectivity index (χ2v) is 5.75. The van der Waals surface area contributed by atoms with Crippen molar-refractivity contribution in [1.82, 2.24) is 4.90 Å². The number of nitrogens with zero attached hydrogens (tertiary/aromatic N) is 2. The van der Waals surface area contributed by atoms with Crippen molar-refractivity contribution in [2.45, 2.75) is 32.6 Å². The van der Waals surface area contributed by atoms with Gasteiger partial charge in [-0.1, -0.05) is 5.16 Å². The minimum Gasteiger partial charge on any atom is -0.511 e. The standard InChI is InChI=1S/C15H22N2O4/c1-4-21-16-14(9-5-6-9)13-11(18)7-10(8-12(13)19)15(20)17(2)3/h9-10,18H,4-8H2,1-3H3. The average Bonchev–Trinajstić information content (AvgIpc) is 3.24. The van der Waals surface area contributed by atoms with Gasteiger partial charge in [-0.05, 0) is 19.8 Å². The number of ketones is 1. The van der Waals surface area contributed by atoms with E-state index in [4.69, 9.17) is 4.84 Å². The van der Waals surface area contributed by atoms with Crippen molar-refractivity contribution < 1.29 is 19.5 Å². The minimum atomic E-state index is -0.483. The molecule has 6 nitrogen and oxygen atoms in total. The molecular formula is C15H22N2O4. The number of carbonyl (C=O) groups excluding carboxylic acids is 2. The molecule has 0 saturated heterocycles. The zero-order valence-corrected chi connectivity index (χ0v) is 12.8. The number of rotatable bonds is 5. The number of carbonyl (C=O) groups is 2. The molecular weight excluding hydrogens is 272 g/mol. The molecule has 0 heterocycles. The number of aliphatic hydroxyl groups is 1. The van der Waals surface area contributed by atoms with Gasteiger partial charge in [-0.25, -0.2) is 0 Å². The van der Waals surface area contributed by atoms with E-state index in [2.05, 4.69) is 5.16 Å². The Labute approximate surface area is 124 Å². The van der Waals surface area contributed by atoms with E-state index in [9.17, 15) is 14.7 Å². The van der Waals surface area contributed by atoms with E-state index in [1.54, 1.807) is 14.1 Å². The Morgan fingerprint density at radius 1 is 1.33 bits per heavy atom. The summed E-state index contributed by atoms with van der Waals surface area (Å²) in [4.78, 5) is 30.8. The number of allylic oxidation sites excluding steroid dienone is 2. The van der Waals surface area contributed by atoms with Crippen molar-refractivity contribution in [3.8, 4) is 0 Å². The zero-order valence-electron chi connectivity index (χ0n) is 12.8. The SMILES string of the molecule is CCON=C(C1=C(O)CC(C(=O)N(C)C)CC1=O)C1CC1. The molecule has 1 saturated carbocycles. The Morgan fingerprint density at radius 3 is 2.48 bits per heavy atom. The van der Waals surface area contributed by atoms with Gasteiger partial charge in [0.15, 0.2) is 5.78 Å². The molecule has 116 valence electrons. The summed E-state index contributed by atoms with van der Waals surface area (Å²) in [6, 6.07) is 0. The largest absolute Gasteiger partial charge is 0.511 e. The maximum atomic E-state index is 12.4. The lowest BCUT2D eigenvalue weighted by molar-refractivity contribution is -0.135.